The molecular weight excluding hydrogens is 437 g/mol. The van der Waals surface area contributed by atoms with Crippen molar-refractivity contribution >= 4 is 11.6 Å². The molecule has 0 aliphatic carbocycles. The van der Waals surface area contributed by atoms with Gasteiger partial charge in [-0.25, -0.2) is 0 Å². The third-order valence-electron chi connectivity index (χ3n) is 4.98. The summed E-state index contributed by atoms with van der Waals surface area (Å²) in [6.07, 6.45) is -3.36. The lowest BCUT2D eigenvalue weighted by Crippen LogP contribution is -2.34. The van der Waals surface area contributed by atoms with Crippen molar-refractivity contribution < 1.29 is 27.2 Å². The molecule has 0 aliphatic heterocycles. The third-order valence-corrected chi connectivity index (χ3v) is 4.98. The van der Waals surface area contributed by atoms with Gasteiger partial charge in [-0.3, -0.25) is 9.69 Å². The number of rotatable bonds is 10. The van der Waals surface area contributed by atoms with Gasteiger partial charge in [-0.2, -0.15) is 18.2 Å². The number of carbonyl (C=O) groups excluding carboxylic acids is 1. The van der Waals surface area contributed by atoms with E-state index in [4.69, 9.17) is 9.26 Å². The second-order valence-corrected chi connectivity index (χ2v) is 7.31. The Morgan fingerprint density at radius 3 is 2.70 bits per heavy atom. The molecule has 176 valence electrons. The molecule has 0 radical (unpaired) electrons. The van der Waals surface area contributed by atoms with Gasteiger partial charge in [0.15, 0.2) is 0 Å². The van der Waals surface area contributed by atoms with Crippen molar-refractivity contribution in [1.29, 1.82) is 0 Å². The van der Waals surface area contributed by atoms with Gasteiger partial charge in [0.25, 0.3) is 0 Å². The van der Waals surface area contributed by atoms with Crippen LogP contribution in [0.2, 0.25) is 0 Å². The molecule has 0 saturated carbocycles. The Hall–Kier alpha value is -3.40. The lowest BCUT2D eigenvalue weighted by Gasteiger charge is -2.19. The predicted molar refractivity (Wildman–Crippen MR) is 117 cm³/mol. The smallest absolute Gasteiger partial charge is 0.416 e. The van der Waals surface area contributed by atoms with E-state index in [1.165, 1.54) is 12.1 Å². The Kier molecular flexibility index (Phi) is 8.05. The van der Waals surface area contributed by atoms with E-state index in [9.17, 15) is 18.0 Å². The first-order valence-corrected chi connectivity index (χ1v) is 10.5. The van der Waals surface area contributed by atoms with Gasteiger partial charge in [-0.05, 0) is 43.8 Å². The average Bonchev–Trinajstić information content (AvgIpc) is 3.27. The zero-order valence-corrected chi connectivity index (χ0v) is 18.4. The lowest BCUT2D eigenvalue weighted by atomic mass is 10.1. The van der Waals surface area contributed by atoms with Gasteiger partial charge in [0.05, 0.1) is 24.9 Å². The van der Waals surface area contributed by atoms with Gasteiger partial charge in [0.1, 0.15) is 5.75 Å². The number of benzene rings is 2. The standard InChI is InChI=1S/C23H25F3N4O3/c1-3-30(15-20(31)27-18-10-4-5-11-19(18)32-2)13-7-12-21-28-22(29-33-21)16-8-6-9-17(14-16)23(24,25)26/h4-6,8-11,14H,3,7,12-13,15H2,1-2H3,(H,27,31). The first-order chi connectivity index (χ1) is 15.8. The molecule has 1 amide bonds. The van der Waals surface area contributed by atoms with Gasteiger partial charge in [-0.15, -0.1) is 0 Å². The van der Waals surface area contributed by atoms with Crippen LogP contribution in [0.4, 0.5) is 18.9 Å². The summed E-state index contributed by atoms with van der Waals surface area (Å²) in [5.74, 6) is 0.865. The molecule has 3 rings (SSSR count). The summed E-state index contributed by atoms with van der Waals surface area (Å²) in [6, 6.07) is 12.0. The summed E-state index contributed by atoms with van der Waals surface area (Å²) >= 11 is 0. The summed E-state index contributed by atoms with van der Waals surface area (Å²) in [5, 5.41) is 6.64. The minimum atomic E-state index is -4.44. The first kappa shape index (κ1) is 24.2. The van der Waals surface area contributed by atoms with Gasteiger partial charge in [0.2, 0.25) is 17.6 Å². The minimum Gasteiger partial charge on any atom is -0.495 e. The molecular formula is C23H25F3N4O3. The predicted octanol–water partition coefficient (Wildman–Crippen LogP) is 4.66. The SMILES string of the molecule is CCN(CCCc1nc(-c2cccc(C(F)(F)F)c2)no1)CC(=O)Nc1ccccc1OC. The highest BCUT2D eigenvalue weighted by atomic mass is 19.4. The fourth-order valence-corrected chi connectivity index (χ4v) is 3.25. The molecule has 0 aliphatic rings. The van der Waals surface area contributed by atoms with Crippen molar-refractivity contribution in [2.45, 2.75) is 25.9 Å². The normalized spacial score (nSPS) is 11.6. The molecule has 0 fully saturated rings. The van der Waals surface area contributed by atoms with Crippen LogP contribution in [0.5, 0.6) is 5.75 Å². The second kappa shape index (κ2) is 11.0. The Labute approximate surface area is 189 Å². The highest BCUT2D eigenvalue weighted by molar-refractivity contribution is 5.93. The number of para-hydroxylation sites is 2. The largest absolute Gasteiger partial charge is 0.495 e. The molecule has 7 nitrogen and oxygen atoms in total. The van der Waals surface area contributed by atoms with E-state index in [0.717, 1.165) is 12.1 Å². The molecule has 0 spiro atoms. The molecule has 0 atom stereocenters. The number of nitrogens with zero attached hydrogens (tertiary/aromatic N) is 3. The van der Waals surface area contributed by atoms with Crippen LogP contribution in [-0.4, -0.2) is 47.7 Å². The van der Waals surface area contributed by atoms with Crippen LogP contribution in [-0.2, 0) is 17.4 Å². The highest BCUT2D eigenvalue weighted by Gasteiger charge is 2.30. The summed E-state index contributed by atoms with van der Waals surface area (Å²) in [4.78, 5) is 18.6. The number of methoxy groups -OCH3 is 1. The van der Waals surface area contributed by atoms with Gasteiger partial charge >= 0.3 is 6.18 Å². The summed E-state index contributed by atoms with van der Waals surface area (Å²) in [6.45, 7) is 3.43. The quantitative estimate of drug-likeness (QED) is 0.472. The highest BCUT2D eigenvalue weighted by Crippen LogP contribution is 2.31. The van der Waals surface area contributed by atoms with Crippen LogP contribution >= 0.6 is 0 Å². The Bertz CT molecular complexity index is 1070. The number of likely N-dealkylation sites (N-methyl/N-ethyl adjacent to an activating group) is 1. The Morgan fingerprint density at radius 1 is 1.18 bits per heavy atom. The molecule has 0 bridgehead atoms. The summed E-state index contributed by atoms with van der Waals surface area (Å²) in [7, 11) is 1.54. The van der Waals surface area contributed by atoms with Crippen molar-refractivity contribution in [2.24, 2.45) is 0 Å². The Morgan fingerprint density at radius 2 is 1.97 bits per heavy atom. The number of carbonyl (C=O) groups is 1. The second-order valence-electron chi connectivity index (χ2n) is 7.31. The number of ether oxygens (including phenoxy) is 1. The molecule has 1 heterocycles. The van der Waals surface area contributed by atoms with Crippen molar-refractivity contribution in [2.75, 3.05) is 32.1 Å². The molecule has 2 aromatic carbocycles. The number of halogens is 3. The van der Waals surface area contributed by atoms with Gasteiger partial charge in [0, 0.05) is 12.0 Å². The van der Waals surface area contributed by atoms with Crippen LogP contribution in [0.15, 0.2) is 53.1 Å². The van der Waals surface area contributed by atoms with E-state index in [1.807, 2.05) is 24.0 Å². The lowest BCUT2D eigenvalue weighted by molar-refractivity contribution is -0.137. The monoisotopic (exact) mass is 462 g/mol. The zero-order chi connectivity index (χ0) is 23.8. The van der Waals surface area contributed by atoms with Crippen LogP contribution in [0, 0.1) is 0 Å². The molecule has 0 saturated heterocycles. The van der Waals surface area contributed by atoms with E-state index in [-0.39, 0.29) is 23.8 Å². The van der Waals surface area contributed by atoms with E-state index in [2.05, 4.69) is 15.5 Å². The maximum Gasteiger partial charge on any atom is 0.416 e. The molecule has 0 unspecified atom stereocenters. The zero-order valence-electron chi connectivity index (χ0n) is 18.4. The van der Waals surface area contributed by atoms with Crippen molar-refractivity contribution in [1.82, 2.24) is 15.0 Å². The third kappa shape index (κ3) is 6.79. The maximum absolute atomic E-state index is 12.9. The van der Waals surface area contributed by atoms with Gasteiger partial charge in [-0.1, -0.05) is 36.3 Å². The van der Waals surface area contributed by atoms with Crippen LogP contribution in [0.1, 0.15) is 24.8 Å². The van der Waals surface area contributed by atoms with E-state index >= 15 is 0 Å². The fraction of sp³-hybridized carbons (Fsp3) is 0.348. The van der Waals surface area contributed by atoms with E-state index in [1.54, 1.807) is 19.2 Å². The van der Waals surface area contributed by atoms with Crippen LogP contribution in [0.25, 0.3) is 11.4 Å². The van der Waals surface area contributed by atoms with Crippen LogP contribution < -0.4 is 10.1 Å². The maximum atomic E-state index is 12.9. The topological polar surface area (TPSA) is 80.5 Å². The number of hydrogen-bond donors (Lipinski definition) is 1. The molecule has 3 aromatic rings. The fourth-order valence-electron chi connectivity index (χ4n) is 3.25. The number of aromatic nitrogens is 2. The van der Waals surface area contributed by atoms with Crippen molar-refractivity contribution in [3.8, 4) is 17.1 Å². The first-order valence-electron chi connectivity index (χ1n) is 10.5. The van der Waals surface area contributed by atoms with Crippen molar-refractivity contribution in [3.05, 3.63) is 60.0 Å². The summed E-state index contributed by atoms with van der Waals surface area (Å²) in [5.41, 5.74) is 0.0772. The number of amides is 1. The van der Waals surface area contributed by atoms with Crippen LogP contribution in [0.3, 0.4) is 0 Å². The summed E-state index contributed by atoms with van der Waals surface area (Å²) < 4.78 is 49.2. The molecule has 1 aromatic heterocycles. The van der Waals surface area contributed by atoms with E-state index < -0.39 is 11.7 Å². The van der Waals surface area contributed by atoms with Gasteiger partial charge < -0.3 is 14.6 Å². The minimum absolute atomic E-state index is 0.111. The molecule has 33 heavy (non-hydrogen) atoms. The number of anilines is 1. The number of hydrogen-bond acceptors (Lipinski definition) is 6. The van der Waals surface area contributed by atoms with E-state index in [0.29, 0.717) is 43.3 Å². The molecule has 10 heteroatoms. The number of nitrogens with one attached hydrogen (secondary N) is 1. The Balaban J connectivity index is 1.51. The number of aryl methyl sites for hydroxylation is 1. The molecule has 1 N–H and O–H groups in total. The van der Waals surface area contributed by atoms with Crippen molar-refractivity contribution in [3.63, 3.8) is 0 Å². The average molecular weight is 462 g/mol. The number of alkyl halides is 3.